The minimum absolute atomic E-state index is 0.285. The maximum atomic E-state index is 4.16. The van der Waals surface area contributed by atoms with E-state index in [0.29, 0.717) is 0 Å². The van der Waals surface area contributed by atoms with Crippen LogP contribution in [0.15, 0.2) is 24.7 Å². The van der Waals surface area contributed by atoms with Crippen LogP contribution in [0.4, 0.5) is 0 Å². The van der Waals surface area contributed by atoms with Crippen molar-refractivity contribution in [2.24, 2.45) is 14.1 Å². The number of aryl methyl sites for hydroxylation is 2. The van der Waals surface area contributed by atoms with E-state index in [1.54, 1.807) is 0 Å². The number of nitrogens with zero attached hydrogens (tertiary/aromatic N) is 4. The van der Waals surface area contributed by atoms with Crippen molar-refractivity contribution in [1.29, 1.82) is 0 Å². The van der Waals surface area contributed by atoms with E-state index in [2.05, 4.69) is 22.4 Å². The lowest BCUT2D eigenvalue weighted by atomic mass is 10.2. The molecule has 5 nitrogen and oxygen atoms in total. The summed E-state index contributed by atoms with van der Waals surface area (Å²) in [4.78, 5) is 0. The summed E-state index contributed by atoms with van der Waals surface area (Å²) >= 11 is 0. The number of hydrogen-bond acceptors (Lipinski definition) is 3. The number of rotatable bonds is 4. The third-order valence-corrected chi connectivity index (χ3v) is 2.67. The molecule has 5 heteroatoms. The van der Waals surface area contributed by atoms with Gasteiger partial charge in [0.05, 0.1) is 11.9 Å². The van der Waals surface area contributed by atoms with Crippen LogP contribution < -0.4 is 5.32 Å². The van der Waals surface area contributed by atoms with Crippen LogP contribution in [-0.4, -0.2) is 19.6 Å². The first-order chi connectivity index (χ1) is 7.66. The molecule has 16 heavy (non-hydrogen) atoms. The molecule has 2 aromatic rings. The first-order valence-electron chi connectivity index (χ1n) is 5.35. The average Bonchev–Trinajstić information content (AvgIpc) is 2.84. The Morgan fingerprint density at radius 1 is 1.38 bits per heavy atom. The highest BCUT2D eigenvalue weighted by Gasteiger charge is 2.08. The normalized spacial score (nSPS) is 12.9. The van der Waals surface area contributed by atoms with Crippen LogP contribution in [0, 0.1) is 0 Å². The molecular weight excluding hydrogens is 202 g/mol. The topological polar surface area (TPSA) is 47.7 Å². The number of nitrogens with one attached hydrogen (secondary N) is 1. The van der Waals surface area contributed by atoms with Crippen molar-refractivity contribution < 1.29 is 0 Å². The molecule has 1 unspecified atom stereocenters. The molecule has 1 N–H and O–H groups in total. The summed E-state index contributed by atoms with van der Waals surface area (Å²) in [5.41, 5.74) is 2.38. The zero-order chi connectivity index (χ0) is 11.5. The Hall–Kier alpha value is -1.62. The maximum Gasteiger partial charge on any atom is 0.0547 e. The molecule has 0 fully saturated rings. The molecule has 86 valence electrons. The van der Waals surface area contributed by atoms with Gasteiger partial charge in [-0.25, -0.2) is 0 Å². The molecule has 0 radical (unpaired) electrons. The summed E-state index contributed by atoms with van der Waals surface area (Å²) < 4.78 is 3.70. The van der Waals surface area contributed by atoms with Gasteiger partial charge in [-0.15, -0.1) is 0 Å². The fourth-order valence-electron chi connectivity index (χ4n) is 1.75. The number of hydrogen-bond donors (Lipinski definition) is 1. The smallest absolute Gasteiger partial charge is 0.0547 e. The van der Waals surface area contributed by atoms with Gasteiger partial charge in [0.2, 0.25) is 0 Å². The standard InChI is InChI=1S/C11H17N5/c1-9(11-4-5-13-16(11)3)12-6-10-7-14-15(2)8-10/h4-5,7-9,12H,6H2,1-3H3. The van der Waals surface area contributed by atoms with Crippen LogP contribution in [-0.2, 0) is 20.6 Å². The predicted molar refractivity (Wildman–Crippen MR) is 61.7 cm³/mol. The zero-order valence-electron chi connectivity index (χ0n) is 9.88. The first kappa shape index (κ1) is 10.9. The summed E-state index contributed by atoms with van der Waals surface area (Å²) in [6.45, 7) is 2.95. The first-order valence-corrected chi connectivity index (χ1v) is 5.35. The van der Waals surface area contributed by atoms with E-state index in [1.165, 1.54) is 11.3 Å². The fourth-order valence-corrected chi connectivity index (χ4v) is 1.75. The van der Waals surface area contributed by atoms with Crippen LogP contribution in [0.1, 0.15) is 24.2 Å². The van der Waals surface area contributed by atoms with Crippen molar-refractivity contribution in [3.8, 4) is 0 Å². The SMILES string of the molecule is CC(NCc1cnn(C)c1)c1ccnn1C. The molecular formula is C11H17N5. The molecule has 0 bridgehead atoms. The van der Waals surface area contributed by atoms with Crippen molar-refractivity contribution in [2.45, 2.75) is 19.5 Å². The maximum absolute atomic E-state index is 4.16. The summed E-state index contributed by atoms with van der Waals surface area (Å²) in [7, 11) is 3.88. The Morgan fingerprint density at radius 2 is 2.19 bits per heavy atom. The van der Waals surface area contributed by atoms with E-state index in [9.17, 15) is 0 Å². The van der Waals surface area contributed by atoms with Crippen LogP contribution in [0.25, 0.3) is 0 Å². The number of aromatic nitrogens is 4. The average molecular weight is 219 g/mol. The molecule has 0 aliphatic rings. The molecule has 2 aromatic heterocycles. The second kappa shape index (κ2) is 4.49. The van der Waals surface area contributed by atoms with E-state index in [4.69, 9.17) is 0 Å². The molecule has 0 aliphatic heterocycles. The lowest BCUT2D eigenvalue weighted by molar-refractivity contribution is 0.529. The Morgan fingerprint density at radius 3 is 2.75 bits per heavy atom. The second-order valence-electron chi connectivity index (χ2n) is 4.00. The van der Waals surface area contributed by atoms with E-state index in [-0.39, 0.29) is 6.04 Å². The van der Waals surface area contributed by atoms with Gasteiger partial charge in [0.1, 0.15) is 0 Å². The molecule has 2 rings (SSSR count). The predicted octanol–water partition coefficient (Wildman–Crippen LogP) is 1.00. The lowest BCUT2D eigenvalue weighted by Crippen LogP contribution is -2.20. The second-order valence-corrected chi connectivity index (χ2v) is 4.00. The summed E-state index contributed by atoms with van der Waals surface area (Å²) in [5, 5.41) is 11.7. The quantitative estimate of drug-likeness (QED) is 0.834. The Kier molecular flexibility index (Phi) is 3.05. The summed E-state index contributed by atoms with van der Waals surface area (Å²) in [6.07, 6.45) is 5.71. The van der Waals surface area contributed by atoms with Gasteiger partial charge < -0.3 is 5.32 Å². The highest BCUT2D eigenvalue weighted by Crippen LogP contribution is 2.10. The van der Waals surface area contributed by atoms with Gasteiger partial charge in [0, 0.05) is 44.6 Å². The Labute approximate surface area is 95.1 Å². The van der Waals surface area contributed by atoms with Gasteiger partial charge in [-0.05, 0) is 13.0 Å². The molecule has 0 spiro atoms. The Balaban J connectivity index is 1.93. The van der Waals surface area contributed by atoms with Crippen molar-refractivity contribution in [3.05, 3.63) is 35.9 Å². The molecule has 0 aromatic carbocycles. The Bertz CT molecular complexity index is 456. The van der Waals surface area contributed by atoms with E-state index >= 15 is 0 Å². The third-order valence-electron chi connectivity index (χ3n) is 2.67. The van der Waals surface area contributed by atoms with Crippen molar-refractivity contribution in [1.82, 2.24) is 24.9 Å². The lowest BCUT2D eigenvalue weighted by Gasteiger charge is -2.13. The van der Waals surface area contributed by atoms with Gasteiger partial charge in [-0.2, -0.15) is 10.2 Å². The van der Waals surface area contributed by atoms with Crippen molar-refractivity contribution in [3.63, 3.8) is 0 Å². The van der Waals surface area contributed by atoms with Crippen molar-refractivity contribution in [2.75, 3.05) is 0 Å². The molecule has 0 aliphatic carbocycles. The van der Waals surface area contributed by atoms with Gasteiger partial charge >= 0.3 is 0 Å². The molecule has 0 saturated carbocycles. The minimum atomic E-state index is 0.285. The van der Waals surface area contributed by atoms with Gasteiger partial charge in [-0.1, -0.05) is 0 Å². The highest BCUT2D eigenvalue weighted by atomic mass is 15.3. The van der Waals surface area contributed by atoms with Gasteiger partial charge in [-0.3, -0.25) is 9.36 Å². The molecule has 2 heterocycles. The fraction of sp³-hybridized carbons (Fsp3) is 0.455. The van der Waals surface area contributed by atoms with Crippen LogP contribution in [0.2, 0.25) is 0 Å². The third kappa shape index (κ3) is 2.30. The zero-order valence-corrected chi connectivity index (χ0v) is 9.88. The van der Waals surface area contributed by atoms with Crippen LogP contribution in [0.3, 0.4) is 0 Å². The molecule has 0 amide bonds. The van der Waals surface area contributed by atoms with Crippen LogP contribution in [0.5, 0.6) is 0 Å². The monoisotopic (exact) mass is 219 g/mol. The minimum Gasteiger partial charge on any atom is -0.305 e. The van der Waals surface area contributed by atoms with E-state index in [0.717, 1.165) is 6.54 Å². The largest absolute Gasteiger partial charge is 0.305 e. The summed E-state index contributed by atoms with van der Waals surface area (Å²) in [6, 6.07) is 2.31. The van der Waals surface area contributed by atoms with Gasteiger partial charge in [0.15, 0.2) is 0 Å². The molecule has 0 saturated heterocycles. The van der Waals surface area contributed by atoms with E-state index < -0.39 is 0 Å². The summed E-state index contributed by atoms with van der Waals surface area (Å²) in [5.74, 6) is 0. The van der Waals surface area contributed by atoms with E-state index in [1.807, 2.05) is 48.1 Å². The highest BCUT2D eigenvalue weighted by molar-refractivity contribution is 5.08. The van der Waals surface area contributed by atoms with Crippen molar-refractivity contribution >= 4 is 0 Å². The van der Waals surface area contributed by atoms with Gasteiger partial charge in [0.25, 0.3) is 0 Å². The molecule has 1 atom stereocenters. The van der Waals surface area contributed by atoms with Crippen LogP contribution >= 0.6 is 0 Å².